The number of ether oxygens (including phenoxy) is 11. The SMILES string of the molecule is CC(=O)N[C@H]1[C@H]([C@H](O)[C@H](O)CO)O[C@@](O[C@H]2[C@@H](O)[C@@H](CO)O[C@@H](O[C@H]3[C@H](O[C@@H]4O[C@@H](C)[C@@H](O)[C@@H](O)[C@@H]4O)[C@@H](N)[C@H](O[C@H]4[C@@H](O)[C@@H](CO)O[C@@H](O[C@H]5[C@H](O)[C@@H](O)[C@H](O)O[C@@H]5CO)[C@@H]4O)O[C@@H]3CO)[C@@H]2O)(C(=O)O)C[C@@H]1O. The maximum absolute atomic E-state index is 13.1. The normalized spacial score (nSPS) is 49.7. The lowest BCUT2D eigenvalue weighted by Gasteiger charge is -2.52. The highest BCUT2D eigenvalue weighted by Gasteiger charge is 2.61. The number of carbonyl (C=O) groups excluding carboxylic acids is 1. The lowest BCUT2D eigenvalue weighted by atomic mass is 9.88. The van der Waals surface area contributed by atoms with Crippen molar-refractivity contribution in [3.05, 3.63) is 0 Å². The predicted molar refractivity (Wildman–Crippen MR) is 229 cm³/mol. The molecule has 34 heteroatoms. The van der Waals surface area contributed by atoms with Crippen molar-refractivity contribution < 1.29 is 159 Å². The molecule has 0 radical (unpaired) electrons. The van der Waals surface area contributed by atoms with E-state index in [4.69, 9.17) is 57.8 Å². The van der Waals surface area contributed by atoms with Crippen LogP contribution in [0.4, 0.5) is 0 Å². The topological polar surface area (TPSA) is 558 Å². The Bertz CT molecular complexity index is 1830. The summed E-state index contributed by atoms with van der Waals surface area (Å²) in [6.45, 7) is -3.09. The van der Waals surface area contributed by atoms with Crippen molar-refractivity contribution >= 4 is 11.9 Å². The number of aliphatic hydroxyl groups excluding tert-OH is 18. The van der Waals surface area contributed by atoms with Gasteiger partial charge in [0.15, 0.2) is 31.5 Å². The molecular weight excluding hydrogens is 1030 g/mol. The Hall–Kier alpha value is -2.26. The van der Waals surface area contributed by atoms with E-state index in [0.29, 0.717) is 0 Å². The van der Waals surface area contributed by atoms with Crippen molar-refractivity contribution in [2.75, 3.05) is 33.0 Å². The van der Waals surface area contributed by atoms with Crippen LogP contribution in [0.15, 0.2) is 0 Å². The quantitative estimate of drug-likeness (QED) is 0.0571. The van der Waals surface area contributed by atoms with Gasteiger partial charge in [-0.1, -0.05) is 0 Å². The highest BCUT2D eigenvalue weighted by Crippen LogP contribution is 2.40. The smallest absolute Gasteiger partial charge is 0.364 e. The first kappa shape index (κ1) is 61.9. The number of amides is 1. The van der Waals surface area contributed by atoms with Crippen LogP contribution in [0.25, 0.3) is 0 Å². The Labute approximate surface area is 424 Å². The zero-order valence-corrected chi connectivity index (χ0v) is 39.9. The molecule has 0 bridgehead atoms. The molecule has 31 atom stereocenters. The third-order valence-corrected chi connectivity index (χ3v) is 13.8. The average Bonchev–Trinajstić information content (AvgIpc) is 3.37. The summed E-state index contributed by atoms with van der Waals surface area (Å²) in [5.74, 6) is -6.13. The zero-order chi connectivity index (χ0) is 55.7. The van der Waals surface area contributed by atoms with Gasteiger partial charge in [-0.3, -0.25) is 4.79 Å². The molecule has 6 saturated heterocycles. The molecule has 0 aromatic rings. The monoisotopic (exact) mass is 1100 g/mol. The van der Waals surface area contributed by atoms with E-state index < -0.39 is 241 Å². The molecule has 0 aliphatic carbocycles. The highest BCUT2D eigenvalue weighted by molar-refractivity contribution is 5.76. The van der Waals surface area contributed by atoms with Crippen molar-refractivity contribution in [1.29, 1.82) is 0 Å². The number of rotatable bonds is 19. The molecule has 6 heterocycles. The number of nitrogens with two attached hydrogens (primary N) is 1. The second-order valence-electron chi connectivity index (χ2n) is 19.0. The minimum atomic E-state index is -3.22. The van der Waals surface area contributed by atoms with Gasteiger partial charge in [0, 0.05) is 13.3 Å². The summed E-state index contributed by atoms with van der Waals surface area (Å²) < 4.78 is 63.0. The molecule has 1 amide bonds. The van der Waals surface area contributed by atoms with Crippen LogP contribution < -0.4 is 11.1 Å². The first-order chi connectivity index (χ1) is 35.3. The van der Waals surface area contributed by atoms with Crippen molar-refractivity contribution in [1.82, 2.24) is 5.32 Å². The Balaban J connectivity index is 1.32. The van der Waals surface area contributed by atoms with Gasteiger partial charge >= 0.3 is 5.97 Å². The van der Waals surface area contributed by atoms with Crippen molar-refractivity contribution in [2.24, 2.45) is 5.73 Å². The number of carboxylic acid groups (broad SMARTS) is 1. The van der Waals surface area contributed by atoms with Crippen molar-refractivity contribution in [2.45, 2.75) is 210 Å². The van der Waals surface area contributed by atoms with Gasteiger partial charge < -0.3 is 160 Å². The Morgan fingerprint density at radius 3 is 1.63 bits per heavy atom. The number of hydrogen-bond donors (Lipinski definition) is 21. The second kappa shape index (κ2) is 25.9. The molecule has 34 nitrogen and oxygen atoms in total. The first-order valence-electron chi connectivity index (χ1n) is 23.7. The minimum Gasteiger partial charge on any atom is -0.477 e. The van der Waals surface area contributed by atoms with Crippen LogP contribution in [-0.2, 0) is 61.7 Å². The summed E-state index contributed by atoms with van der Waals surface area (Å²) in [7, 11) is 0. The van der Waals surface area contributed by atoms with Crippen LogP contribution in [0.3, 0.4) is 0 Å². The van der Waals surface area contributed by atoms with Gasteiger partial charge in [-0.25, -0.2) is 4.79 Å². The van der Waals surface area contributed by atoms with E-state index in [0.717, 1.165) is 6.92 Å². The molecule has 6 aliphatic heterocycles. The third-order valence-electron chi connectivity index (χ3n) is 13.8. The maximum Gasteiger partial charge on any atom is 0.364 e. The lowest BCUT2D eigenvalue weighted by molar-refractivity contribution is -0.398. The number of carbonyl (C=O) groups is 2. The first-order valence-corrected chi connectivity index (χ1v) is 23.7. The van der Waals surface area contributed by atoms with Crippen LogP contribution in [0.1, 0.15) is 20.3 Å². The van der Waals surface area contributed by atoms with E-state index in [-0.39, 0.29) is 0 Å². The van der Waals surface area contributed by atoms with Gasteiger partial charge in [0.1, 0.15) is 128 Å². The van der Waals surface area contributed by atoms with E-state index in [1.165, 1.54) is 6.92 Å². The number of carboxylic acids is 1. The molecule has 0 unspecified atom stereocenters. The maximum atomic E-state index is 13.1. The van der Waals surface area contributed by atoms with Gasteiger partial charge in [-0.05, 0) is 6.92 Å². The van der Waals surface area contributed by atoms with Gasteiger partial charge in [-0.15, -0.1) is 0 Å². The molecule has 436 valence electrons. The highest BCUT2D eigenvalue weighted by atomic mass is 16.8. The molecule has 0 spiro atoms. The van der Waals surface area contributed by atoms with Crippen LogP contribution in [-0.4, -0.2) is 332 Å². The fraction of sp³-hybridized carbons (Fsp3) is 0.951. The van der Waals surface area contributed by atoms with Crippen molar-refractivity contribution in [3.63, 3.8) is 0 Å². The zero-order valence-electron chi connectivity index (χ0n) is 39.9. The standard InChI is InChI=1S/C41H70N2O32/c1-9-19(52)23(56)26(59)37(65-9)72-31-17(42)36(73-33-21(54)13(5-45)67-38(27(33)60)70-29-15(7-47)66-35(62)25(58)24(29)57)69-16(8-48)30(31)71-39-28(61)34(22(55)14(6-46)68-39)75-41(40(63)64)3-11(50)18(43-10(2)49)32(74-41)20(53)12(51)4-44/h9,11-39,44-48,50-62H,3-8,42H2,1-2H3,(H,43,49)(H,63,64)/t9-,11-,12+,13+,14+,15+,16+,17+,18+,19+,20+,21-,22-,23+,24+,25+,26-,27+,28+,29+,30+,31+,32+,33-,34-,35+,36-,37-,38-,39-,41-/m0/s1. The van der Waals surface area contributed by atoms with E-state index in [9.17, 15) is 107 Å². The minimum absolute atomic E-state index is 0.828. The number of hydrogen-bond acceptors (Lipinski definition) is 32. The van der Waals surface area contributed by atoms with E-state index in [2.05, 4.69) is 5.32 Å². The van der Waals surface area contributed by atoms with Crippen LogP contribution >= 0.6 is 0 Å². The predicted octanol–water partition coefficient (Wildman–Crippen LogP) is -13.8. The Kier molecular flexibility index (Phi) is 21.4. The van der Waals surface area contributed by atoms with Crippen molar-refractivity contribution in [3.8, 4) is 0 Å². The van der Waals surface area contributed by atoms with Crippen LogP contribution in [0, 0.1) is 0 Å². The second-order valence-corrected chi connectivity index (χ2v) is 19.0. The summed E-state index contributed by atoms with van der Waals surface area (Å²) >= 11 is 0. The summed E-state index contributed by atoms with van der Waals surface area (Å²) in [6, 6.07) is -3.56. The Morgan fingerprint density at radius 2 is 1.08 bits per heavy atom. The summed E-state index contributed by atoms with van der Waals surface area (Å²) in [6.07, 6.45) is -56.7. The summed E-state index contributed by atoms with van der Waals surface area (Å²) in [5.41, 5.74) is 6.69. The van der Waals surface area contributed by atoms with Gasteiger partial charge in [-0.2, -0.15) is 0 Å². The molecular formula is C41H70N2O32. The van der Waals surface area contributed by atoms with Gasteiger partial charge in [0.2, 0.25) is 5.91 Å². The van der Waals surface area contributed by atoms with Gasteiger partial charge in [0.05, 0.1) is 57.3 Å². The third kappa shape index (κ3) is 12.9. The fourth-order valence-electron chi connectivity index (χ4n) is 9.61. The molecule has 6 rings (SSSR count). The van der Waals surface area contributed by atoms with Gasteiger partial charge in [0.25, 0.3) is 5.79 Å². The molecule has 22 N–H and O–H groups in total. The molecule has 75 heavy (non-hydrogen) atoms. The van der Waals surface area contributed by atoms with Crippen LogP contribution in [0.5, 0.6) is 0 Å². The van der Waals surface area contributed by atoms with Crippen LogP contribution in [0.2, 0.25) is 0 Å². The number of aliphatic hydroxyl groups is 18. The molecule has 0 aromatic heterocycles. The number of nitrogens with one attached hydrogen (secondary N) is 1. The summed E-state index contributed by atoms with van der Waals surface area (Å²) in [5, 5.41) is 205. The molecule has 6 fully saturated rings. The van der Waals surface area contributed by atoms with E-state index in [1.54, 1.807) is 0 Å². The summed E-state index contributed by atoms with van der Waals surface area (Å²) in [4.78, 5) is 25.2. The largest absolute Gasteiger partial charge is 0.477 e. The van der Waals surface area contributed by atoms with E-state index >= 15 is 0 Å². The lowest BCUT2D eigenvalue weighted by Crippen LogP contribution is -2.71. The fourth-order valence-corrected chi connectivity index (χ4v) is 9.61. The molecule has 6 aliphatic rings. The molecule has 0 saturated carbocycles. The molecule has 0 aromatic carbocycles. The van der Waals surface area contributed by atoms with E-state index in [1.807, 2.05) is 0 Å². The average molecular weight is 1100 g/mol. The number of aliphatic carboxylic acids is 1. The Morgan fingerprint density at radius 1 is 0.587 bits per heavy atom.